The Morgan fingerprint density at radius 1 is 1.04 bits per heavy atom. The number of nitrogens with zero attached hydrogens (tertiary/aromatic N) is 1. The number of anilines is 1. The molecule has 0 unspecified atom stereocenters. The fourth-order valence-electron chi connectivity index (χ4n) is 2.79. The Balaban J connectivity index is 2.00. The number of fused-ring (bicyclic) bond motifs is 1. The Bertz CT molecular complexity index is 940. The number of pyridine rings is 1. The third kappa shape index (κ3) is 2.95. The summed E-state index contributed by atoms with van der Waals surface area (Å²) in [5, 5.41) is 3.38. The molecule has 2 aromatic carbocycles. The second kappa shape index (κ2) is 6.71. The van der Waals surface area contributed by atoms with Crippen molar-refractivity contribution < 1.29 is 4.79 Å². The van der Waals surface area contributed by atoms with Crippen LogP contribution in [0.25, 0.3) is 10.9 Å². The number of rotatable bonds is 4. The molecule has 1 N–H and O–H groups in total. The van der Waals surface area contributed by atoms with Crippen molar-refractivity contribution in [1.29, 1.82) is 0 Å². The Hall–Kier alpha value is -2.88. The van der Waals surface area contributed by atoms with Gasteiger partial charge in [-0.3, -0.25) is 9.59 Å². The number of para-hydroxylation sites is 1. The molecule has 0 fully saturated rings. The van der Waals surface area contributed by atoms with Crippen molar-refractivity contribution >= 4 is 22.5 Å². The second-order valence-corrected chi connectivity index (χ2v) is 5.68. The van der Waals surface area contributed by atoms with Crippen molar-refractivity contribution in [1.82, 2.24) is 4.57 Å². The van der Waals surface area contributed by atoms with E-state index in [1.165, 1.54) is 5.56 Å². The third-order valence-corrected chi connectivity index (χ3v) is 4.19. The molecule has 0 bridgehead atoms. The van der Waals surface area contributed by atoms with Crippen molar-refractivity contribution in [2.45, 2.75) is 26.8 Å². The average molecular weight is 320 g/mol. The zero-order valence-electron chi connectivity index (χ0n) is 13.9. The van der Waals surface area contributed by atoms with Crippen LogP contribution in [0.2, 0.25) is 0 Å². The van der Waals surface area contributed by atoms with E-state index in [2.05, 4.69) is 12.2 Å². The number of carbonyl (C=O) groups is 1. The van der Waals surface area contributed by atoms with E-state index in [-0.39, 0.29) is 16.9 Å². The van der Waals surface area contributed by atoms with Gasteiger partial charge in [-0.05, 0) is 43.2 Å². The van der Waals surface area contributed by atoms with Crippen molar-refractivity contribution in [3.63, 3.8) is 0 Å². The van der Waals surface area contributed by atoms with E-state index in [1.807, 2.05) is 54.0 Å². The van der Waals surface area contributed by atoms with Gasteiger partial charge in [-0.1, -0.05) is 31.2 Å². The van der Waals surface area contributed by atoms with Gasteiger partial charge < -0.3 is 9.88 Å². The molecule has 24 heavy (non-hydrogen) atoms. The molecule has 0 aliphatic rings. The largest absolute Gasteiger partial charge is 0.347 e. The zero-order valence-corrected chi connectivity index (χ0v) is 13.9. The fourth-order valence-corrected chi connectivity index (χ4v) is 2.79. The average Bonchev–Trinajstić information content (AvgIpc) is 2.63. The molecule has 0 spiro atoms. The number of benzene rings is 2. The topological polar surface area (TPSA) is 51.1 Å². The van der Waals surface area contributed by atoms with Crippen LogP contribution in [0.15, 0.2) is 59.5 Å². The zero-order chi connectivity index (χ0) is 17.1. The SMILES string of the molecule is CCc1ccc(NC(=O)c2cn(CC)c3ccccc3c2=O)cc1. The van der Waals surface area contributed by atoms with Gasteiger partial charge in [0.1, 0.15) is 5.56 Å². The van der Waals surface area contributed by atoms with Crippen molar-refractivity contribution in [2.75, 3.05) is 5.32 Å². The summed E-state index contributed by atoms with van der Waals surface area (Å²) in [6.07, 6.45) is 2.58. The molecule has 1 aromatic heterocycles. The van der Waals surface area contributed by atoms with E-state index >= 15 is 0 Å². The van der Waals surface area contributed by atoms with Gasteiger partial charge in [-0.15, -0.1) is 0 Å². The van der Waals surface area contributed by atoms with Gasteiger partial charge in [0, 0.05) is 23.8 Å². The number of nitrogens with one attached hydrogen (secondary N) is 1. The molecule has 0 atom stereocenters. The van der Waals surface area contributed by atoms with Gasteiger partial charge in [0.15, 0.2) is 0 Å². The molecule has 0 saturated carbocycles. The molecule has 0 saturated heterocycles. The quantitative estimate of drug-likeness (QED) is 0.794. The van der Waals surface area contributed by atoms with Crippen molar-refractivity contribution in [3.05, 3.63) is 76.1 Å². The molecule has 122 valence electrons. The summed E-state index contributed by atoms with van der Waals surface area (Å²) < 4.78 is 1.92. The molecule has 4 nitrogen and oxygen atoms in total. The lowest BCUT2D eigenvalue weighted by atomic mass is 10.1. The molecular formula is C20H20N2O2. The van der Waals surface area contributed by atoms with E-state index in [0.717, 1.165) is 11.9 Å². The molecule has 0 aliphatic carbocycles. The maximum atomic E-state index is 12.7. The van der Waals surface area contributed by atoms with Crippen LogP contribution in [0, 0.1) is 0 Å². The maximum Gasteiger partial charge on any atom is 0.261 e. The molecule has 1 amide bonds. The fraction of sp³-hybridized carbons (Fsp3) is 0.200. The Morgan fingerprint density at radius 3 is 2.42 bits per heavy atom. The van der Waals surface area contributed by atoms with Gasteiger partial charge in [0.2, 0.25) is 5.43 Å². The van der Waals surface area contributed by atoms with Crippen LogP contribution in [0.3, 0.4) is 0 Å². The highest BCUT2D eigenvalue weighted by Crippen LogP contribution is 2.14. The van der Waals surface area contributed by atoms with E-state index in [0.29, 0.717) is 17.6 Å². The van der Waals surface area contributed by atoms with Gasteiger partial charge in [0.05, 0.1) is 5.52 Å². The van der Waals surface area contributed by atoms with Crippen LogP contribution in [-0.2, 0) is 13.0 Å². The molecular weight excluding hydrogens is 300 g/mol. The number of amides is 1. The monoisotopic (exact) mass is 320 g/mol. The van der Waals surface area contributed by atoms with Gasteiger partial charge in [-0.25, -0.2) is 0 Å². The number of hydrogen-bond acceptors (Lipinski definition) is 2. The molecule has 3 aromatic rings. The summed E-state index contributed by atoms with van der Waals surface area (Å²) in [5.74, 6) is -0.378. The lowest BCUT2D eigenvalue weighted by Crippen LogP contribution is -2.23. The van der Waals surface area contributed by atoms with E-state index in [1.54, 1.807) is 12.3 Å². The predicted octanol–water partition coefficient (Wildman–Crippen LogP) is 3.84. The van der Waals surface area contributed by atoms with Crippen LogP contribution in [0.4, 0.5) is 5.69 Å². The standard InChI is InChI=1S/C20H20N2O2/c1-3-14-9-11-15(12-10-14)21-20(24)17-13-22(4-2)18-8-6-5-7-16(18)19(17)23/h5-13H,3-4H2,1-2H3,(H,21,24). The van der Waals surface area contributed by atoms with Crippen molar-refractivity contribution in [2.24, 2.45) is 0 Å². The Labute approximate surface area is 140 Å². The van der Waals surface area contributed by atoms with Crippen LogP contribution >= 0.6 is 0 Å². The summed E-state index contributed by atoms with van der Waals surface area (Å²) in [7, 11) is 0. The first-order valence-electron chi connectivity index (χ1n) is 8.16. The minimum absolute atomic E-state index is 0.162. The maximum absolute atomic E-state index is 12.7. The first-order chi connectivity index (χ1) is 11.6. The minimum atomic E-state index is -0.378. The summed E-state index contributed by atoms with van der Waals surface area (Å²) in [4.78, 5) is 25.2. The van der Waals surface area contributed by atoms with Crippen LogP contribution < -0.4 is 10.7 Å². The van der Waals surface area contributed by atoms with E-state index in [4.69, 9.17) is 0 Å². The molecule has 0 aliphatic heterocycles. The molecule has 0 radical (unpaired) electrons. The number of aromatic nitrogens is 1. The lowest BCUT2D eigenvalue weighted by molar-refractivity contribution is 0.102. The predicted molar refractivity (Wildman–Crippen MR) is 97.7 cm³/mol. The Kier molecular flexibility index (Phi) is 4.47. The molecule has 4 heteroatoms. The molecule has 1 heterocycles. The van der Waals surface area contributed by atoms with E-state index in [9.17, 15) is 9.59 Å². The summed E-state index contributed by atoms with van der Waals surface area (Å²) >= 11 is 0. The van der Waals surface area contributed by atoms with E-state index < -0.39 is 0 Å². The van der Waals surface area contributed by atoms with Crippen LogP contribution in [-0.4, -0.2) is 10.5 Å². The van der Waals surface area contributed by atoms with Gasteiger partial charge >= 0.3 is 0 Å². The Morgan fingerprint density at radius 2 is 1.75 bits per heavy atom. The first kappa shape index (κ1) is 16.0. The highest BCUT2D eigenvalue weighted by Gasteiger charge is 2.15. The van der Waals surface area contributed by atoms with Gasteiger partial charge in [0.25, 0.3) is 5.91 Å². The smallest absolute Gasteiger partial charge is 0.261 e. The third-order valence-electron chi connectivity index (χ3n) is 4.19. The van der Waals surface area contributed by atoms with Crippen LogP contribution in [0.5, 0.6) is 0 Å². The summed E-state index contributed by atoms with van der Waals surface area (Å²) in [5.41, 5.74) is 2.65. The first-order valence-corrected chi connectivity index (χ1v) is 8.16. The highest BCUT2D eigenvalue weighted by molar-refractivity contribution is 6.05. The highest BCUT2D eigenvalue weighted by atomic mass is 16.2. The molecule has 3 rings (SSSR count). The van der Waals surface area contributed by atoms with Crippen LogP contribution in [0.1, 0.15) is 29.8 Å². The normalized spacial score (nSPS) is 10.8. The number of carbonyl (C=O) groups excluding carboxylic acids is 1. The summed E-state index contributed by atoms with van der Waals surface area (Å²) in [6, 6.07) is 15.0. The number of hydrogen-bond donors (Lipinski definition) is 1. The second-order valence-electron chi connectivity index (χ2n) is 5.68. The van der Waals surface area contributed by atoms with Crippen molar-refractivity contribution in [3.8, 4) is 0 Å². The lowest BCUT2D eigenvalue weighted by Gasteiger charge is -2.12. The van der Waals surface area contributed by atoms with Gasteiger partial charge in [-0.2, -0.15) is 0 Å². The summed E-state index contributed by atoms with van der Waals surface area (Å²) in [6.45, 7) is 4.75. The number of aryl methyl sites for hydroxylation is 2. The minimum Gasteiger partial charge on any atom is -0.347 e.